The summed E-state index contributed by atoms with van der Waals surface area (Å²) in [6.45, 7) is 8.64. The number of hydrogen-bond donors (Lipinski definition) is 1. The number of piperazine rings is 1. The van der Waals surface area contributed by atoms with E-state index < -0.39 is 0 Å². The van der Waals surface area contributed by atoms with Crippen molar-refractivity contribution in [2.45, 2.75) is 19.8 Å². The second kappa shape index (κ2) is 5.37. The molecule has 3 nitrogen and oxygen atoms in total. The molecule has 18 heavy (non-hydrogen) atoms. The maximum atomic E-state index is 6.15. The van der Waals surface area contributed by atoms with Crippen LogP contribution in [-0.4, -0.2) is 38.1 Å². The molecule has 0 aliphatic carbocycles. The average Bonchev–Trinajstić information content (AvgIpc) is 2.33. The van der Waals surface area contributed by atoms with Crippen molar-refractivity contribution < 1.29 is 0 Å². The maximum Gasteiger partial charge on any atom is 0.0639 e. The summed E-state index contributed by atoms with van der Waals surface area (Å²) in [5, 5.41) is 0.663. The predicted octanol–water partition coefficient (Wildman–Crippen LogP) is 2.80. The third-order valence-electron chi connectivity index (χ3n) is 3.63. The highest BCUT2D eigenvalue weighted by Crippen LogP contribution is 2.37. The first-order chi connectivity index (χ1) is 8.50. The predicted molar refractivity (Wildman–Crippen MR) is 79.7 cm³/mol. The molecule has 4 heteroatoms. The van der Waals surface area contributed by atoms with Crippen molar-refractivity contribution in [3.05, 3.63) is 22.7 Å². The van der Waals surface area contributed by atoms with Crippen LogP contribution in [0.2, 0.25) is 5.02 Å². The fraction of sp³-hybridized carbons (Fsp3) is 0.571. The highest BCUT2D eigenvalue weighted by atomic mass is 35.5. The molecular formula is C14H22ClN3. The minimum atomic E-state index is 0.387. The number of nitrogens with zero attached hydrogens (tertiary/aromatic N) is 2. The van der Waals surface area contributed by atoms with Gasteiger partial charge in [-0.15, -0.1) is 0 Å². The Labute approximate surface area is 115 Å². The molecule has 0 radical (unpaired) electrons. The molecule has 100 valence electrons. The summed E-state index contributed by atoms with van der Waals surface area (Å²) in [5.41, 5.74) is 9.33. The van der Waals surface area contributed by atoms with Gasteiger partial charge < -0.3 is 15.5 Å². The molecule has 1 aromatic rings. The summed E-state index contributed by atoms with van der Waals surface area (Å²) in [6, 6.07) is 4.02. The van der Waals surface area contributed by atoms with Crippen molar-refractivity contribution in [3.63, 3.8) is 0 Å². The first-order valence-corrected chi connectivity index (χ1v) is 6.90. The van der Waals surface area contributed by atoms with Crippen molar-refractivity contribution in [1.82, 2.24) is 4.90 Å². The third kappa shape index (κ3) is 2.57. The third-order valence-corrected chi connectivity index (χ3v) is 3.96. The van der Waals surface area contributed by atoms with Crippen molar-refractivity contribution in [2.24, 2.45) is 0 Å². The molecule has 0 bridgehead atoms. The van der Waals surface area contributed by atoms with Crippen molar-refractivity contribution >= 4 is 23.0 Å². The number of likely N-dealkylation sites (N-methyl/N-ethyl adjacent to an activating group) is 1. The standard InChI is InChI=1S/C14H22ClN3/c1-10(2)13-12(5-4-11(15)14(13)16)18-8-6-17(3)7-9-18/h4-5,10H,6-9,16H2,1-3H3. The van der Waals surface area contributed by atoms with Crippen LogP contribution in [0.5, 0.6) is 0 Å². The molecule has 0 unspecified atom stereocenters. The lowest BCUT2D eigenvalue weighted by atomic mass is 9.98. The smallest absolute Gasteiger partial charge is 0.0639 e. The van der Waals surface area contributed by atoms with Gasteiger partial charge >= 0.3 is 0 Å². The molecule has 0 spiro atoms. The van der Waals surface area contributed by atoms with E-state index in [1.165, 1.54) is 11.3 Å². The van der Waals surface area contributed by atoms with Gasteiger partial charge in [0.1, 0.15) is 0 Å². The van der Waals surface area contributed by atoms with Crippen LogP contribution in [0.4, 0.5) is 11.4 Å². The van der Waals surface area contributed by atoms with Crippen LogP contribution < -0.4 is 10.6 Å². The van der Waals surface area contributed by atoms with Gasteiger partial charge in [-0.25, -0.2) is 0 Å². The van der Waals surface area contributed by atoms with E-state index in [9.17, 15) is 0 Å². The summed E-state index contributed by atoms with van der Waals surface area (Å²) in [4.78, 5) is 4.77. The molecule has 1 aliphatic rings. The average molecular weight is 268 g/mol. The van der Waals surface area contributed by atoms with E-state index in [0.717, 1.165) is 31.9 Å². The molecule has 1 aromatic carbocycles. The Bertz CT molecular complexity index is 423. The zero-order valence-corrected chi connectivity index (χ0v) is 12.2. The van der Waals surface area contributed by atoms with Gasteiger partial charge in [-0.05, 0) is 25.1 Å². The first-order valence-electron chi connectivity index (χ1n) is 6.52. The van der Waals surface area contributed by atoms with E-state index in [1.807, 2.05) is 6.07 Å². The number of benzene rings is 1. The summed E-state index contributed by atoms with van der Waals surface area (Å²) < 4.78 is 0. The lowest BCUT2D eigenvalue weighted by molar-refractivity contribution is 0.312. The van der Waals surface area contributed by atoms with E-state index in [0.29, 0.717) is 10.9 Å². The molecule has 1 saturated heterocycles. The van der Waals surface area contributed by atoms with Crippen LogP contribution in [0, 0.1) is 0 Å². The van der Waals surface area contributed by atoms with Crippen LogP contribution in [0.15, 0.2) is 12.1 Å². The summed E-state index contributed by atoms with van der Waals surface area (Å²) in [7, 11) is 2.16. The van der Waals surface area contributed by atoms with Gasteiger partial charge in [0.05, 0.1) is 10.7 Å². The molecule has 1 heterocycles. The largest absolute Gasteiger partial charge is 0.397 e. The highest BCUT2D eigenvalue weighted by Gasteiger charge is 2.20. The Morgan fingerprint density at radius 1 is 1.17 bits per heavy atom. The molecule has 0 amide bonds. The van der Waals surface area contributed by atoms with Crippen LogP contribution in [0.1, 0.15) is 25.3 Å². The Kier molecular flexibility index (Phi) is 4.03. The second-order valence-electron chi connectivity index (χ2n) is 5.34. The van der Waals surface area contributed by atoms with Crippen molar-refractivity contribution in [2.75, 3.05) is 43.9 Å². The molecule has 0 saturated carbocycles. The SMILES string of the molecule is CC(C)c1c(N2CCN(C)CC2)ccc(Cl)c1N. The number of hydrogen-bond acceptors (Lipinski definition) is 3. The molecule has 2 N–H and O–H groups in total. The van der Waals surface area contributed by atoms with Gasteiger partial charge in [-0.3, -0.25) is 0 Å². The summed E-state index contributed by atoms with van der Waals surface area (Å²) in [6.07, 6.45) is 0. The lowest BCUT2D eigenvalue weighted by Gasteiger charge is -2.36. The highest BCUT2D eigenvalue weighted by molar-refractivity contribution is 6.33. The van der Waals surface area contributed by atoms with Crippen LogP contribution in [0.3, 0.4) is 0 Å². The van der Waals surface area contributed by atoms with Crippen molar-refractivity contribution in [1.29, 1.82) is 0 Å². The van der Waals surface area contributed by atoms with Gasteiger partial charge in [0.2, 0.25) is 0 Å². The Morgan fingerprint density at radius 2 is 1.78 bits per heavy atom. The van der Waals surface area contributed by atoms with Gasteiger partial charge in [0.15, 0.2) is 0 Å². The molecular weight excluding hydrogens is 246 g/mol. The minimum absolute atomic E-state index is 0.387. The van der Waals surface area contributed by atoms with Gasteiger partial charge in [0.25, 0.3) is 0 Å². The Hall–Kier alpha value is -0.930. The minimum Gasteiger partial charge on any atom is -0.397 e. The van der Waals surface area contributed by atoms with Crippen LogP contribution >= 0.6 is 11.6 Å². The van der Waals surface area contributed by atoms with Crippen molar-refractivity contribution in [3.8, 4) is 0 Å². The number of nitrogen functional groups attached to an aromatic ring is 1. The van der Waals surface area contributed by atoms with E-state index in [1.54, 1.807) is 0 Å². The fourth-order valence-corrected chi connectivity index (χ4v) is 2.69. The van der Waals surface area contributed by atoms with Crippen LogP contribution in [-0.2, 0) is 0 Å². The normalized spacial score (nSPS) is 17.5. The van der Waals surface area contributed by atoms with Crippen LogP contribution in [0.25, 0.3) is 0 Å². The zero-order chi connectivity index (χ0) is 13.3. The number of nitrogens with two attached hydrogens (primary N) is 1. The monoisotopic (exact) mass is 267 g/mol. The second-order valence-corrected chi connectivity index (χ2v) is 5.75. The number of halogens is 1. The summed E-state index contributed by atoms with van der Waals surface area (Å²) >= 11 is 6.14. The molecule has 1 aliphatic heterocycles. The maximum absolute atomic E-state index is 6.15. The summed E-state index contributed by atoms with van der Waals surface area (Å²) in [5.74, 6) is 0.387. The quantitative estimate of drug-likeness (QED) is 0.837. The van der Waals surface area contributed by atoms with E-state index >= 15 is 0 Å². The fourth-order valence-electron chi connectivity index (χ4n) is 2.53. The zero-order valence-electron chi connectivity index (χ0n) is 11.4. The Morgan fingerprint density at radius 3 is 2.33 bits per heavy atom. The van der Waals surface area contributed by atoms with Gasteiger partial charge in [-0.1, -0.05) is 25.4 Å². The topological polar surface area (TPSA) is 32.5 Å². The van der Waals surface area contributed by atoms with E-state index in [4.69, 9.17) is 17.3 Å². The van der Waals surface area contributed by atoms with E-state index in [-0.39, 0.29) is 0 Å². The molecule has 0 atom stereocenters. The number of rotatable bonds is 2. The lowest BCUT2D eigenvalue weighted by Crippen LogP contribution is -2.44. The van der Waals surface area contributed by atoms with Gasteiger partial charge in [0, 0.05) is 37.4 Å². The molecule has 0 aromatic heterocycles. The molecule has 1 fully saturated rings. The number of anilines is 2. The van der Waals surface area contributed by atoms with Gasteiger partial charge in [-0.2, -0.15) is 0 Å². The molecule has 2 rings (SSSR count). The first kappa shape index (κ1) is 13.5. The Balaban J connectivity index is 2.35. The van der Waals surface area contributed by atoms with E-state index in [2.05, 4.69) is 36.8 Å².